The number of carbonyl (C=O) groups excluding carboxylic acids is 1. The van der Waals surface area contributed by atoms with Crippen LogP contribution in [0.1, 0.15) is 5.82 Å². The Morgan fingerprint density at radius 2 is 2.12 bits per heavy atom. The van der Waals surface area contributed by atoms with Gasteiger partial charge in [0.05, 0.1) is 6.42 Å². The van der Waals surface area contributed by atoms with Crippen LogP contribution in [0.3, 0.4) is 0 Å². The van der Waals surface area contributed by atoms with Crippen molar-refractivity contribution in [2.45, 2.75) is 6.42 Å². The second kappa shape index (κ2) is 4.92. The average molecular weight is 252 g/mol. The molecule has 17 heavy (non-hydrogen) atoms. The van der Waals surface area contributed by atoms with Crippen molar-refractivity contribution in [1.29, 1.82) is 0 Å². The first-order chi connectivity index (χ1) is 8.15. The Balaban J connectivity index is 1.98. The van der Waals surface area contributed by atoms with Crippen molar-refractivity contribution < 1.29 is 4.79 Å². The molecule has 1 amide bonds. The van der Waals surface area contributed by atoms with Crippen LogP contribution in [0.2, 0.25) is 5.02 Å². The lowest BCUT2D eigenvalue weighted by atomic mass is 10.3. The van der Waals surface area contributed by atoms with Gasteiger partial charge in [-0.05, 0) is 34.7 Å². The molecule has 1 heterocycles. The number of halogens is 1. The minimum atomic E-state index is -0.176. The topological polar surface area (TPSA) is 72.7 Å². The highest BCUT2D eigenvalue weighted by Gasteiger charge is 2.09. The molecule has 1 N–H and O–H groups in total. The fourth-order valence-corrected chi connectivity index (χ4v) is 1.41. The summed E-state index contributed by atoms with van der Waals surface area (Å²) >= 11 is 5.74. The molecular formula is C10H10ClN5O. The molecule has 0 saturated heterocycles. The van der Waals surface area contributed by atoms with Crippen LogP contribution in [0, 0.1) is 0 Å². The molecule has 0 atom stereocenters. The van der Waals surface area contributed by atoms with E-state index in [1.807, 2.05) is 0 Å². The van der Waals surface area contributed by atoms with Crippen LogP contribution >= 0.6 is 11.6 Å². The van der Waals surface area contributed by atoms with Crippen molar-refractivity contribution in [3.8, 4) is 0 Å². The summed E-state index contributed by atoms with van der Waals surface area (Å²) in [4.78, 5) is 11.7. The van der Waals surface area contributed by atoms with Gasteiger partial charge in [0.1, 0.15) is 0 Å². The quantitative estimate of drug-likeness (QED) is 0.885. The molecule has 88 valence electrons. The molecule has 0 aliphatic heterocycles. The van der Waals surface area contributed by atoms with Gasteiger partial charge >= 0.3 is 0 Å². The van der Waals surface area contributed by atoms with E-state index in [0.717, 1.165) is 0 Å². The third kappa shape index (κ3) is 3.01. The average Bonchev–Trinajstić information content (AvgIpc) is 2.68. The van der Waals surface area contributed by atoms with Crippen LogP contribution in [-0.4, -0.2) is 26.1 Å². The second-order valence-electron chi connectivity index (χ2n) is 3.45. The summed E-state index contributed by atoms with van der Waals surface area (Å²) in [7, 11) is 1.69. The number of tetrazole rings is 1. The van der Waals surface area contributed by atoms with E-state index in [2.05, 4.69) is 20.8 Å². The Hall–Kier alpha value is -1.95. The molecule has 0 bridgehead atoms. The molecule has 1 aromatic carbocycles. The molecule has 7 heteroatoms. The first-order valence-corrected chi connectivity index (χ1v) is 5.29. The number of nitrogens with one attached hydrogen (secondary N) is 1. The highest BCUT2D eigenvalue weighted by Crippen LogP contribution is 2.13. The fraction of sp³-hybridized carbons (Fsp3) is 0.200. The minimum absolute atomic E-state index is 0.131. The Labute approximate surface area is 103 Å². The Bertz CT molecular complexity index is 522. The number of hydrogen-bond acceptors (Lipinski definition) is 4. The molecule has 6 nitrogen and oxygen atoms in total. The van der Waals surface area contributed by atoms with Gasteiger partial charge < -0.3 is 5.32 Å². The van der Waals surface area contributed by atoms with E-state index in [-0.39, 0.29) is 12.3 Å². The van der Waals surface area contributed by atoms with Crippen molar-refractivity contribution in [3.05, 3.63) is 35.1 Å². The van der Waals surface area contributed by atoms with Crippen LogP contribution in [0.25, 0.3) is 0 Å². The van der Waals surface area contributed by atoms with E-state index in [0.29, 0.717) is 16.5 Å². The minimum Gasteiger partial charge on any atom is -0.326 e. The molecule has 0 fully saturated rings. The predicted molar refractivity (Wildman–Crippen MR) is 62.6 cm³/mol. The van der Waals surface area contributed by atoms with Crippen LogP contribution in [0.5, 0.6) is 0 Å². The van der Waals surface area contributed by atoms with Crippen molar-refractivity contribution in [2.24, 2.45) is 7.05 Å². The van der Waals surface area contributed by atoms with Crippen LogP contribution in [0.15, 0.2) is 24.3 Å². The zero-order valence-corrected chi connectivity index (χ0v) is 9.85. The van der Waals surface area contributed by atoms with Gasteiger partial charge in [-0.1, -0.05) is 11.6 Å². The van der Waals surface area contributed by atoms with Gasteiger partial charge in [-0.25, -0.2) is 4.68 Å². The lowest BCUT2D eigenvalue weighted by Gasteiger charge is -2.04. The van der Waals surface area contributed by atoms with E-state index in [1.54, 1.807) is 31.3 Å². The van der Waals surface area contributed by atoms with E-state index in [9.17, 15) is 4.79 Å². The van der Waals surface area contributed by atoms with Gasteiger partial charge in [-0.2, -0.15) is 0 Å². The number of benzene rings is 1. The lowest BCUT2D eigenvalue weighted by molar-refractivity contribution is -0.115. The maximum Gasteiger partial charge on any atom is 0.232 e. The van der Waals surface area contributed by atoms with Gasteiger partial charge in [-0.15, -0.1) is 5.10 Å². The molecule has 0 spiro atoms. The summed E-state index contributed by atoms with van der Waals surface area (Å²) in [6.07, 6.45) is 0.131. The highest BCUT2D eigenvalue weighted by atomic mass is 35.5. The number of carbonyl (C=O) groups is 1. The van der Waals surface area contributed by atoms with Crippen molar-refractivity contribution >= 4 is 23.2 Å². The summed E-state index contributed by atoms with van der Waals surface area (Å²) in [5, 5.41) is 14.2. The summed E-state index contributed by atoms with van der Waals surface area (Å²) in [5.74, 6) is 0.335. The standard InChI is InChI=1S/C10H10ClN5O/c1-16-9(13-14-15-16)6-10(17)12-8-4-2-7(11)3-5-8/h2-5H,6H2,1H3,(H,12,17). The first kappa shape index (κ1) is 11.5. The number of anilines is 1. The smallest absolute Gasteiger partial charge is 0.232 e. The zero-order chi connectivity index (χ0) is 12.3. The van der Waals surface area contributed by atoms with E-state index >= 15 is 0 Å². The number of aromatic nitrogens is 4. The first-order valence-electron chi connectivity index (χ1n) is 4.92. The third-order valence-corrected chi connectivity index (χ3v) is 2.41. The molecule has 0 unspecified atom stereocenters. The fourth-order valence-electron chi connectivity index (χ4n) is 1.28. The number of aryl methyl sites for hydroxylation is 1. The molecule has 0 radical (unpaired) electrons. The summed E-state index contributed by atoms with van der Waals surface area (Å²) in [6, 6.07) is 6.88. The normalized spacial score (nSPS) is 10.2. The molecule has 0 aliphatic carbocycles. The van der Waals surface area contributed by atoms with E-state index in [1.165, 1.54) is 4.68 Å². The third-order valence-electron chi connectivity index (χ3n) is 2.15. The summed E-state index contributed by atoms with van der Waals surface area (Å²) in [5.41, 5.74) is 0.689. The van der Waals surface area contributed by atoms with Gasteiger partial charge in [0, 0.05) is 17.8 Å². The highest BCUT2D eigenvalue weighted by molar-refractivity contribution is 6.30. The van der Waals surface area contributed by atoms with Gasteiger partial charge in [0.25, 0.3) is 0 Å². The lowest BCUT2D eigenvalue weighted by Crippen LogP contribution is -2.17. The Morgan fingerprint density at radius 3 is 2.71 bits per heavy atom. The SMILES string of the molecule is Cn1nnnc1CC(=O)Nc1ccc(Cl)cc1. The monoisotopic (exact) mass is 251 g/mol. The molecule has 0 saturated carbocycles. The maximum atomic E-state index is 11.7. The van der Waals surface area contributed by atoms with Gasteiger partial charge in [0.2, 0.25) is 5.91 Å². The Morgan fingerprint density at radius 1 is 1.41 bits per heavy atom. The zero-order valence-electron chi connectivity index (χ0n) is 9.09. The van der Waals surface area contributed by atoms with E-state index in [4.69, 9.17) is 11.6 Å². The summed E-state index contributed by atoms with van der Waals surface area (Å²) < 4.78 is 1.46. The molecule has 2 aromatic rings. The van der Waals surface area contributed by atoms with E-state index < -0.39 is 0 Å². The van der Waals surface area contributed by atoms with Crippen molar-refractivity contribution in [3.63, 3.8) is 0 Å². The second-order valence-corrected chi connectivity index (χ2v) is 3.89. The Kier molecular flexibility index (Phi) is 3.34. The number of nitrogens with zero attached hydrogens (tertiary/aromatic N) is 4. The maximum absolute atomic E-state index is 11.7. The number of hydrogen-bond donors (Lipinski definition) is 1. The molecule has 0 aliphatic rings. The van der Waals surface area contributed by atoms with Crippen LogP contribution in [0.4, 0.5) is 5.69 Å². The van der Waals surface area contributed by atoms with Crippen molar-refractivity contribution in [1.82, 2.24) is 20.2 Å². The number of amides is 1. The predicted octanol–water partition coefficient (Wildman–Crippen LogP) is 1.04. The number of rotatable bonds is 3. The van der Waals surface area contributed by atoms with Gasteiger partial charge in [-0.3, -0.25) is 4.79 Å². The van der Waals surface area contributed by atoms with Crippen LogP contribution in [-0.2, 0) is 18.3 Å². The van der Waals surface area contributed by atoms with Gasteiger partial charge in [0.15, 0.2) is 5.82 Å². The summed E-state index contributed by atoms with van der Waals surface area (Å²) in [6.45, 7) is 0. The largest absolute Gasteiger partial charge is 0.326 e. The van der Waals surface area contributed by atoms with Crippen molar-refractivity contribution in [2.75, 3.05) is 5.32 Å². The molecule has 1 aromatic heterocycles. The van der Waals surface area contributed by atoms with Crippen LogP contribution < -0.4 is 5.32 Å². The molecular weight excluding hydrogens is 242 g/mol. The molecule has 2 rings (SSSR count).